The van der Waals surface area contributed by atoms with Crippen LogP contribution in [0.2, 0.25) is 0 Å². The van der Waals surface area contributed by atoms with Crippen LogP contribution in [0.4, 0.5) is 32.4 Å². The lowest BCUT2D eigenvalue weighted by molar-refractivity contribution is -0.209. The number of amides is 1. The van der Waals surface area contributed by atoms with Gasteiger partial charge in [-0.1, -0.05) is 23.8 Å². The highest BCUT2D eigenvalue weighted by atomic mass is 19.4. The van der Waals surface area contributed by atoms with Crippen LogP contribution < -0.4 is 5.32 Å². The Morgan fingerprint density at radius 3 is 2.55 bits per heavy atom. The third-order valence-electron chi connectivity index (χ3n) is 4.80. The van der Waals surface area contributed by atoms with Gasteiger partial charge >= 0.3 is 12.3 Å². The molecule has 31 heavy (non-hydrogen) atoms. The lowest BCUT2D eigenvalue weighted by atomic mass is 10.1. The first-order valence-corrected chi connectivity index (χ1v) is 9.52. The third-order valence-corrected chi connectivity index (χ3v) is 4.80. The van der Waals surface area contributed by atoms with Crippen LogP contribution in [0, 0.1) is 18.6 Å². The summed E-state index contributed by atoms with van der Waals surface area (Å²) in [7, 11) is 0. The number of benzene rings is 2. The highest BCUT2D eigenvalue weighted by Gasteiger charge is 2.44. The van der Waals surface area contributed by atoms with Gasteiger partial charge in [-0.25, -0.2) is 13.6 Å². The fourth-order valence-corrected chi connectivity index (χ4v) is 3.14. The number of halogens is 5. The van der Waals surface area contributed by atoms with Crippen molar-refractivity contribution in [2.75, 3.05) is 31.6 Å². The fraction of sp³-hybridized carbons (Fsp3) is 0.381. The molecule has 0 spiro atoms. The molecule has 1 aliphatic rings. The molecule has 1 aliphatic heterocycles. The number of hydrogen-bond acceptors (Lipinski definition) is 4. The van der Waals surface area contributed by atoms with Crippen molar-refractivity contribution in [1.29, 1.82) is 0 Å². The molecule has 1 amide bonds. The standard InChI is InChI=1S/C21H21F5N2O3/c1-13-2-5-15(6-3-13)27-20(29)31-19(21(24,25)26)12-28-8-9-30-18(11-28)14-4-7-16(22)17(23)10-14/h2-7,10,18-19H,8-9,11-12H2,1H3,(H,27,29)/t18-,19?/m1/s1. The number of carbonyl (C=O) groups is 1. The summed E-state index contributed by atoms with van der Waals surface area (Å²) in [4.78, 5) is 13.4. The minimum atomic E-state index is -4.79. The van der Waals surface area contributed by atoms with Crippen molar-refractivity contribution in [2.24, 2.45) is 0 Å². The van der Waals surface area contributed by atoms with E-state index in [2.05, 4.69) is 10.1 Å². The average Bonchev–Trinajstić information content (AvgIpc) is 2.71. The summed E-state index contributed by atoms with van der Waals surface area (Å²) in [6.07, 6.45) is -9.13. The summed E-state index contributed by atoms with van der Waals surface area (Å²) in [5.74, 6) is -2.09. The van der Waals surface area contributed by atoms with E-state index >= 15 is 0 Å². The van der Waals surface area contributed by atoms with Crippen LogP contribution >= 0.6 is 0 Å². The maximum Gasteiger partial charge on any atom is 0.426 e. The Kier molecular flexibility index (Phi) is 7.11. The average molecular weight is 444 g/mol. The third kappa shape index (κ3) is 6.38. The molecule has 1 fully saturated rings. The smallest absolute Gasteiger partial charge is 0.426 e. The van der Waals surface area contributed by atoms with Crippen molar-refractivity contribution in [3.63, 3.8) is 0 Å². The highest BCUT2D eigenvalue weighted by molar-refractivity contribution is 5.84. The number of nitrogens with zero attached hydrogens (tertiary/aromatic N) is 1. The summed E-state index contributed by atoms with van der Waals surface area (Å²) in [5.41, 5.74) is 1.54. The van der Waals surface area contributed by atoms with Crippen LogP contribution in [0.3, 0.4) is 0 Å². The normalized spacial score (nSPS) is 18.5. The van der Waals surface area contributed by atoms with Gasteiger partial charge in [0.15, 0.2) is 11.6 Å². The quantitative estimate of drug-likeness (QED) is 0.672. The van der Waals surface area contributed by atoms with E-state index in [1.54, 1.807) is 24.3 Å². The zero-order valence-corrected chi connectivity index (χ0v) is 16.6. The number of nitrogens with one attached hydrogen (secondary N) is 1. The van der Waals surface area contributed by atoms with Crippen molar-refractivity contribution in [1.82, 2.24) is 4.90 Å². The van der Waals surface area contributed by atoms with Gasteiger partial charge in [0.05, 0.1) is 12.7 Å². The molecular formula is C21H21F5N2O3. The zero-order chi connectivity index (χ0) is 22.6. The maximum atomic E-state index is 13.5. The Labute approximate surface area is 175 Å². The van der Waals surface area contributed by atoms with Crippen molar-refractivity contribution in [3.8, 4) is 0 Å². The van der Waals surface area contributed by atoms with Crippen LogP contribution in [-0.2, 0) is 9.47 Å². The van der Waals surface area contributed by atoms with Crippen LogP contribution in [0.1, 0.15) is 17.2 Å². The largest absolute Gasteiger partial charge is 0.435 e. The molecular weight excluding hydrogens is 423 g/mol. The highest BCUT2D eigenvalue weighted by Crippen LogP contribution is 2.28. The summed E-state index contributed by atoms with van der Waals surface area (Å²) in [5, 5.41) is 2.27. The molecule has 3 rings (SSSR count). The molecule has 1 unspecified atom stereocenters. The molecule has 0 aromatic heterocycles. The number of carbonyl (C=O) groups excluding carboxylic acids is 1. The fourth-order valence-electron chi connectivity index (χ4n) is 3.14. The first-order valence-electron chi connectivity index (χ1n) is 9.52. The van der Waals surface area contributed by atoms with Gasteiger partial charge in [0.2, 0.25) is 6.10 Å². The summed E-state index contributed by atoms with van der Waals surface area (Å²) in [6.45, 7) is 1.46. The van der Waals surface area contributed by atoms with Crippen molar-refractivity contribution in [2.45, 2.75) is 25.3 Å². The number of rotatable bonds is 5. The van der Waals surface area contributed by atoms with Crippen LogP contribution in [0.15, 0.2) is 42.5 Å². The number of anilines is 1. The minimum absolute atomic E-state index is 0.000589. The molecule has 168 valence electrons. The Morgan fingerprint density at radius 1 is 1.19 bits per heavy atom. The summed E-state index contributed by atoms with van der Waals surface area (Å²) < 4.78 is 77.2. The molecule has 1 N–H and O–H groups in total. The number of alkyl halides is 3. The second kappa shape index (κ2) is 9.61. The topological polar surface area (TPSA) is 50.8 Å². The molecule has 2 aromatic carbocycles. The number of ether oxygens (including phenoxy) is 2. The Balaban J connectivity index is 1.63. The molecule has 5 nitrogen and oxygen atoms in total. The van der Waals surface area contributed by atoms with E-state index in [-0.39, 0.29) is 19.7 Å². The monoisotopic (exact) mass is 444 g/mol. The van der Waals surface area contributed by atoms with Gasteiger partial charge in [-0.05, 0) is 36.8 Å². The molecule has 1 heterocycles. The van der Waals surface area contributed by atoms with Gasteiger partial charge in [-0.2, -0.15) is 13.2 Å². The van der Waals surface area contributed by atoms with Gasteiger partial charge in [0.25, 0.3) is 0 Å². The van der Waals surface area contributed by atoms with Crippen molar-refractivity contribution < 1.29 is 36.2 Å². The van der Waals surface area contributed by atoms with Gasteiger partial charge in [-0.3, -0.25) is 10.2 Å². The Hall–Kier alpha value is -2.72. The predicted molar refractivity (Wildman–Crippen MR) is 103 cm³/mol. The van der Waals surface area contributed by atoms with E-state index in [0.29, 0.717) is 11.3 Å². The molecule has 0 bridgehead atoms. The molecule has 0 aliphatic carbocycles. The van der Waals surface area contributed by atoms with Crippen molar-refractivity contribution in [3.05, 3.63) is 65.2 Å². The van der Waals surface area contributed by atoms with E-state index in [1.165, 1.54) is 11.0 Å². The van der Waals surface area contributed by atoms with Gasteiger partial charge in [0, 0.05) is 25.3 Å². The number of morpholine rings is 1. The van der Waals surface area contributed by atoms with E-state index in [4.69, 9.17) is 4.74 Å². The van der Waals surface area contributed by atoms with Gasteiger partial charge in [-0.15, -0.1) is 0 Å². The molecule has 1 saturated heterocycles. The maximum absolute atomic E-state index is 13.5. The van der Waals surface area contributed by atoms with E-state index in [0.717, 1.165) is 17.7 Å². The van der Waals surface area contributed by atoms with E-state index in [9.17, 15) is 26.7 Å². The van der Waals surface area contributed by atoms with E-state index < -0.39 is 42.7 Å². The predicted octanol–water partition coefficient (Wildman–Crippen LogP) is 4.83. The Morgan fingerprint density at radius 2 is 1.90 bits per heavy atom. The SMILES string of the molecule is Cc1ccc(NC(=O)OC(CN2CCO[C@@H](c3ccc(F)c(F)c3)C2)C(F)(F)F)cc1. The van der Waals surface area contributed by atoms with E-state index in [1.807, 2.05) is 6.92 Å². The minimum Gasteiger partial charge on any atom is -0.435 e. The molecule has 2 atom stereocenters. The zero-order valence-electron chi connectivity index (χ0n) is 16.6. The van der Waals surface area contributed by atoms with Crippen molar-refractivity contribution >= 4 is 11.8 Å². The number of hydrogen-bond donors (Lipinski definition) is 1. The number of aryl methyl sites for hydroxylation is 1. The molecule has 2 aromatic rings. The van der Waals surface area contributed by atoms with Crippen LogP contribution in [-0.4, -0.2) is 49.5 Å². The Bertz CT molecular complexity index is 905. The van der Waals surface area contributed by atoms with Gasteiger partial charge in [0.1, 0.15) is 0 Å². The lowest BCUT2D eigenvalue weighted by Gasteiger charge is -2.35. The van der Waals surface area contributed by atoms with Crippen LogP contribution in [0.25, 0.3) is 0 Å². The molecule has 0 saturated carbocycles. The molecule has 0 radical (unpaired) electrons. The second-order valence-corrected chi connectivity index (χ2v) is 7.22. The lowest BCUT2D eigenvalue weighted by Crippen LogP contribution is -2.48. The van der Waals surface area contributed by atoms with Gasteiger partial charge < -0.3 is 9.47 Å². The summed E-state index contributed by atoms with van der Waals surface area (Å²) >= 11 is 0. The summed E-state index contributed by atoms with van der Waals surface area (Å²) in [6, 6.07) is 9.70. The van der Waals surface area contributed by atoms with Crippen LogP contribution in [0.5, 0.6) is 0 Å². The second-order valence-electron chi connectivity index (χ2n) is 7.22. The first-order chi connectivity index (χ1) is 14.6. The first kappa shape index (κ1) is 23.0. The molecule has 10 heteroatoms.